The number of carbonyl (C=O) groups is 2. The van der Waals surface area contributed by atoms with E-state index in [0.29, 0.717) is 13.2 Å². The molecule has 1 rings (SSSR count). The van der Waals surface area contributed by atoms with Crippen LogP contribution in [0.4, 0.5) is 0 Å². The monoisotopic (exact) mass is 228 g/mol. The third-order valence-electron chi connectivity index (χ3n) is 2.94. The summed E-state index contributed by atoms with van der Waals surface area (Å²) in [5.74, 6) is -1.10. The van der Waals surface area contributed by atoms with Gasteiger partial charge in [0.15, 0.2) is 0 Å². The number of hydrogen-bond donors (Lipinski definition) is 0. The topological polar surface area (TPSA) is 52.6 Å². The van der Waals surface area contributed by atoms with Gasteiger partial charge in [0, 0.05) is 0 Å². The summed E-state index contributed by atoms with van der Waals surface area (Å²) in [6, 6.07) is 0. The van der Waals surface area contributed by atoms with Gasteiger partial charge in [0.25, 0.3) is 0 Å². The molecule has 0 radical (unpaired) electrons. The SMILES string of the molecule is CCOC(=O)[C@H]1CCCC[C@@H]1C(=O)OCC. The van der Waals surface area contributed by atoms with Gasteiger partial charge in [-0.25, -0.2) is 0 Å². The highest BCUT2D eigenvalue weighted by Gasteiger charge is 2.37. The summed E-state index contributed by atoms with van der Waals surface area (Å²) in [7, 11) is 0. The minimum Gasteiger partial charge on any atom is -0.466 e. The lowest BCUT2D eigenvalue weighted by Crippen LogP contribution is -2.35. The Morgan fingerprint density at radius 3 is 1.62 bits per heavy atom. The molecule has 0 aromatic carbocycles. The fourth-order valence-corrected chi connectivity index (χ4v) is 2.19. The Hall–Kier alpha value is -1.06. The molecular weight excluding hydrogens is 208 g/mol. The molecule has 4 heteroatoms. The van der Waals surface area contributed by atoms with Crippen LogP contribution in [0.1, 0.15) is 39.5 Å². The first-order chi connectivity index (χ1) is 7.70. The third kappa shape index (κ3) is 3.22. The van der Waals surface area contributed by atoms with E-state index in [2.05, 4.69) is 0 Å². The van der Waals surface area contributed by atoms with Crippen molar-refractivity contribution < 1.29 is 19.1 Å². The van der Waals surface area contributed by atoms with Gasteiger partial charge in [0.1, 0.15) is 0 Å². The Kier molecular flexibility index (Phi) is 5.29. The molecule has 4 nitrogen and oxygen atoms in total. The Morgan fingerprint density at radius 2 is 1.31 bits per heavy atom. The summed E-state index contributed by atoms with van der Waals surface area (Å²) in [4.78, 5) is 23.4. The Morgan fingerprint density at radius 1 is 0.938 bits per heavy atom. The Bertz CT molecular complexity index is 223. The van der Waals surface area contributed by atoms with Gasteiger partial charge < -0.3 is 9.47 Å². The zero-order chi connectivity index (χ0) is 12.0. The second-order valence-corrected chi connectivity index (χ2v) is 4.00. The zero-order valence-electron chi connectivity index (χ0n) is 10.0. The van der Waals surface area contributed by atoms with E-state index in [9.17, 15) is 9.59 Å². The second kappa shape index (κ2) is 6.51. The summed E-state index contributed by atoms with van der Waals surface area (Å²) in [5, 5.41) is 0. The van der Waals surface area contributed by atoms with Gasteiger partial charge in [-0.2, -0.15) is 0 Å². The highest BCUT2D eigenvalue weighted by Crippen LogP contribution is 2.31. The van der Waals surface area contributed by atoms with Crippen LogP contribution in [-0.2, 0) is 19.1 Å². The van der Waals surface area contributed by atoms with Gasteiger partial charge >= 0.3 is 11.9 Å². The maximum atomic E-state index is 11.7. The van der Waals surface area contributed by atoms with E-state index in [1.807, 2.05) is 0 Å². The molecule has 0 saturated heterocycles. The molecule has 0 bridgehead atoms. The predicted molar refractivity (Wildman–Crippen MR) is 58.7 cm³/mol. The molecule has 0 aromatic rings. The largest absolute Gasteiger partial charge is 0.466 e. The summed E-state index contributed by atoms with van der Waals surface area (Å²) >= 11 is 0. The fraction of sp³-hybridized carbons (Fsp3) is 0.833. The number of esters is 2. The summed E-state index contributed by atoms with van der Waals surface area (Å²) < 4.78 is 9.99. The molecule has 0 aromatic heterocycles. The van der Waals surface area contributed by atoms with Crippen molar-refractivity contribution in [2.75, 3.05) is 13.2 Å². The molecule has 0 heterocycles. The van der Waals surface area contributed by atoms with Crippen LogP contribution >= 0.6 is 0 Å². The predicted octanol–water partition coefficient (Wildman–Crippen LogP) is 1.92. The first kappa shape index (κ1) is 13.0. The zero-order valence-corrected chi connectivity index (χ0v) is 10.0. The average Bonchev–Trinajstić information content (AvgIpc) is 2.30. The van der Waals surface area contributed by atoms with Gasteiger partial charge in [-0.3, -0.25) is 9.59 Å². The van der Waals surface area contributed by atoms with Crippen LogP contribution in [0.2, 0.25) is 0 Å². The maximum absolute atomic E-state index is 11.7. The van der Waals surface area contributed by atoms with Crippen LogP contribution in [0.25, 0.3) is 0 Å². The van der Waals surface area contributed by atoms with Gasteiger partial charge in [-0.05, 0) is 26.7 Å². The number of carbonyl (C=O) groups excluding carboxylic acids is 2. The van der Waals surface area contributed by atoms with E-state index in [1.165, 1.54) is 0 Å². The smallest absolute Gasteiger partial charge is 0.309 e. The second-order valence-electron chi connectivity index (χ2n) is 4.00. The highest BCUT2D eigenvalue weighted by atomic mass is 16.5. The Balaban J connectivity index is 2.63. The van der Waals surface area contributed by atoms with Gasteiger partial charge in [0.2, 0.25) is 0 Å². The first-order valence-corrected chi connectivity index (χ1v) is 6.04. The summed E-state index contributed by atoms with van der Waals surface area (Å²) in [6.45, 7) is 4.29. The van der Waals surface area contributed by atoms with E-state index in [4.69, 9.17) is 9.47 Å². The van der Waals surface area contributed by atoms with Crippen molar-refractivity contribution in [1.29, 1.82) is 0 Å². The number of rotatable bonds is 4. The minimum atomic E-state index is -0.298. The molecule has 0 unspecified atom stereocenters. The maximum Gasteiger partial charge on any atom is 0.309 e. The van der Waals surface area contributed by atoms with Crippen molar-refractivity contribution in [2.24, 2.45) is 11.8 Å². The summed E-state index contributed by atoms with van der Waals surface area (Å²) in [5.41, 5.74) is 0. The molecular formula is C12H20O4. The van der Waals surface area contributed by atoms with E-state index in [-0.39, 0.29) is 23.8 Å². The number of hydrogen-bond acceptors (Lipinski definition) is 4. The highest BCUT2D eigenvalue weighted by molar-refractivity contribution is 5.82. The van der Waals surface area contributed by atoms with Crippen molar-refractivity contribution >= 4 is 11.9 Å². The summed E-state index contributed by atoms with van der Waals surface area (Å²) in [6.07, 6.45) is 3.45. The van der Waals surface area contributed by atoms with E-state index in [1.54, 1.807) is 13.8 Å². The molecule has 1 aliphatic carbocycles. The van der Waals surface area contributed by atoms with Crippen molar-refractivity contribution in [2.45, 2.75) is 39.5 Å². The lowest BCUT2D eigenvalue weighted by atomic mass is 9.79. The molecule has 1 aliphatic rings. The normalized spacial score (nSPS) is 24.9. The van der Waals surface area contributed by atoms with Crippen LogP contribution in [0.3, 0.4) is 0 Å². The molecule has 16 heavy (non-hydrogen) atoms. The van der Waals surface area contributed by atoms with Crippen molar-refractivity contribution in [3.8, 4) is 0 Å². The fourth-order valence-electron chi connectivity index (χ4n) is 2.19. The van der Waals surface area contributed by atoms with Crippen LogP contribution in [0.5, 0.6) is 0 Å². The lowest BCUT2D eigenvalue weighted by Gasteiger charge is -2.27. The van der Waals surface area contributed by atoms with Crippen molar-refractivity contribution in [3.63, 3.8) is 0 Å². The van der Waals surface area contributed by atoms with Gasteiger partial charge in [-0.1, -0.05) is 12.8 Å². The van der Waals surface area contributed by atoms with E-state index < -0.39 is 0 Å². The van der Waals surface area contributed by atoms with Crippen molar-refractivity contribution in [3.05, 3.63) is 0 Å². The molecule has 0 amide bonds. The molecule has 0 aliphatic heterocycles. The molecule has 1 saturated carbocycles. The van der Waals surface area contributed by atoms with Crippen LogP contribution in [0.15, 0.2) is 0 Å². The molecule has 0 spiro atoms. The average molecular weight is 228 g/mol. The minimum absolute atomic E-state index is 0.250. The first-order valence-electron chi connectivity index (χ1n) is 6.04. The standard InChI is InChI=1S/C12H20O4/c1-3-15-11(13)9-7-5-6-8-10(9)12(14)16-4-2/h9-10H,3-8H2,1-2H3/t9-,10-/m0/s1. The molecule has 1 fully saturated rings. The lowest BCUT2D eigenvalue weighted by molar-refractivity contribution is -0.162. The van der Waals surface area contributed by atoms with Gasteiger partial charge in [0.05, 0.1) is 25.0 Å². The Labute approximate surface area is 96.3 Å². The van der Waals surface area contributed by atoms with Crippen LogP contribution < -0.4 is 0 Å². The van der Waals surface area contributed by atoms with E-state index >= 15 is 0 Å². The molecule has 0 N–H and O–H groups in total. The van der Waals surface area contributed by atoms with Crippen molar-refractivity contribution in [1.82, 2.24) is 0 Å². The van der Waals surface area contributed by atoms with Gasteiger partial charge in [-0.15, -0.1) is 0 Å². The van der Waals surface area contributed by atoms with Crippen LogP contribution in [0, 0.1) is 11.8 Å². The molecule has 92 valence electrons. The quantitative estimate of drug-likeness (QED) is 0.690. The third-order valence-corrected chi connectivity index (χ3v) is 2.94. The van der Waals surface area contributed by atoms with E-state index in [0.717, 1.165) is 25.7 Å². The molecule has 2 atom stereocenters. The number of ether oxygens (including phenoxy) is 2. The van der Waals surface area contributed by atoms with Crippen LogP contribution in [-0.4, -0.2) is 25.2 Å².